The van der Waals surface area contributed by atoms with Crippen LogP contribution in [0.25, 0.3) is 5.57 Å². The number of fused-ring (bicyclic) bond motifs is 1. The highest BCUT2D eigenvalue weighted by atomic mass is 16.7. The third-order valence-electron chi connectivity index (χ3n) is 5.06. The van der Waals surface area contributed by atoms with Gasteiger partial charge in [-0.3, -0.25) is 14.5 Å². The maximum atomic E-state index is 13.3. The van der Waals surface area contributed by atoms with Crippen LogP contribution in [0, 0.1) is 0 Å². The molecule has 31 heavy (non-hydrogen) atoms. The van der Waals surface area contributed by atoms with E-state index in [0.29, 0.717) is 48.1 Å². The van der Waals surface area contributed by atoms with Crippen LogP contribution in [-0.4, -0.2) is 50.4 Å². The fraction of sp³-hybridized carbons (Fsp3) is 0.304. The molecule has 0 unspecified atom stereocenters. The number of nitrogens with one attached hydrogen (secondary N) is 1. The minimum Gasteiger partial charge on any atom is -0.496 e. The third-order valence-corrected chi connectivity index (χ3v) is 5.06. The molecule has 2 aromatic rings. The van der Waals surface area contributed by atoms with Gasteiger partial charge in [-0.2, -0.15) is 0 Å². The molecule has 1 N–H and O–H groups in total. The second kappa shape index (κ2) is 9.09. The number of imide groups is 1. The van der Waals surface area contributed by atoms with Gasteiger partial charge in [-0.1, -0.05) is 18.2 Å². The fourth-order valence-electron chi connectivity index (χ4n) is 3.58. The Morgan fingerprint density at radius 2 is 1.87 bits per heavy atom. The van der Waals surface area contributed by atoms with Gasteiger partial charge in [0.15, 0.2) is 11.5 Å². The fourth-order valence-corrected chi connectivity index (χ4v) is 3.58. The SMILES string of the molecule is CCOCCCN1C(=O)C(Nc2ccc3c(c2)OCO3)=C(c2ccccc2OC)C1=O. The molecule has 2 aromatic carbocycles. The lowest BCUT2D eigenvalue weighted by molar-refractivity contribution is -0.137. The number of carbonyl (C=O) groups is 2. The number of benzene rings is 2. The number of ether oxygens (including phenoxy) is 4. The minimum absolute atomic E-state index is 0.152. The molecule has 2 aliphatic heterocycles. The predicted molar refractivity (Wildman–Crippen MR) is 114 cm³/mol. The van der Waals surface area contributed by atoms with Crippen molar-refractivity contribution in [3.63, 3.8) is 0 Å². The summed E-state index contributed by atoms with van der Waals surface area (Å²) in [6.45, 7) is 3.38. The number of hydrogen-bond acceptors (Lipinski definition) is 7. The number of nitrogens with zero attached hydrogens (tertiary/aromatic N) is 1. The Balaban J connectivity index is 1.69. The average molecular weight is 424 g/mol. The van der Waals surface area contributed by atoms with E-state index in [1.165, 1.54) is 12.0 Å². The van der Waals surface area contributed by atoms with E-state index in [2.05, 4.69) is 5.32 Å². The van der Waals surface area contributed by atoms with Crippen molar-refractivity contribution in [3.8, 4) is 17.2 Å². The summed E-state index contributed by atoms with van der Waals surface area (Å²) in [5, 5.41) is 3.13. The highest BCUT2D eigenvalue weighted by molar-refractivity contribution is 6.37. The molecule has 0 radical (unpaired) electrons. The van der Waals surface area contributed by atoms with Gasteiger partial charge in [0.1, 0.15) is 11.4 Å². The standard InChI is InChI=1S/C23H24N2O6/c1-3-29-12-6-11-25-22(26)20(16-7-4-5-8-17(16)28-2)21(23(25)27)24-15-9-10-18-19(13-15)31-14-30-18/h4-5,7-10,13,24H,3,6,11-12,14H2,1-2H3. The monoisotopic (exact) mass is 424 g/mol. The molecule has 8 nitrogen and oxygen atoms in total. The molecule has 2 amide bonds. The normalized spacial score (nSPS) is 15.1. The van der Waals surface area contributed by atoms with Crippen LogP contribution in [0.2, 0.25) is 0 Å². The van der Waals surface area contributed by atoms with Crippen molar-refractivity contribution in [1.29, 1.82) is 0 Å². The molecule has 162 valence electrons. The van der Waals surface area contributed by atoms with Gasteiger partial charge in [-0.25, -0.2) is 0 Å². The maximum absolute atomic E-state index is 13.3. The molecule has 0 bridgehead atoms. The summed E-state index contributed by atoms with van der Waals surface area (Å²) in [6.07, 6.45) is 0.557. The molecule has 0 fully saturated rings. The van der Waals surface area contributed by atoms with Crippen molar-refractivity contribution in [3.05, 3.63) is 53.7 Å². The van der Waals surface area contributed by atoms with Crippen LogP contribution in [-0.2, 0) is 14.3 Å². The van der Waals surface area contributed by atoms with Gasteiger partial charge >= 0.3 is 0 Å². The smallest absolute Gasteiger partial charge is 0.278 e. The summed E-state index contributed by atoms with van der Waals surface area (Å²) in [6, 6.07) is 12.4. The Morgan fingerprint density at radius 3 is 2.68 bits per heavy atom. The van der Waals surface area contributed by atoms with E-state index >= 15 is 0 Å². The summed E-state index contributed by atoms with van der Waals surface area (Å²) in [7, 11) is 1.53. The Hall–Kier alpha value is -3.52. The van der Waals surface area contributed by atoms with E-state index in [9.17, 15) is 9.59 Å². The average Bonchev–Trinajstić information content (AvgIpc) is 3.34. The largest absolute Gasteiger partial charge is 0.496 e. The van der Waals surface area contributed by atoms with E-state index in [4.69, 9.17) is 18.9 Å². The zero-order valence-electron chi connectivity index (χ0n) is 17.5. The van der Waals surface area contributed by atoms with Crippen LogP contribution >= 0.6 is 0 Å². The van der Waals surface area contributed by atoms with Crippen molar-refractivity contribution >= 4 is 23.1 Å². The quantitative estimate of drug-likeness (QED) is 0.489. The van der Waals surface area contributed by atoms with Gasteiger partial charge in [0.05, 0.1) is 12.7 Å². The zero-order chi connectivity index (χ0) is 21.8. The van der Waals surface area contributed by atoms with Crippen molar-refractivity contribution in [2.75, 3.05) is 39.0 Å². The minimum atomic E-state index is -0.389. The number of methoxy groups -OCH3 is 1. The molecule has 0 aromatic heterocycles. The van der Waals surface area contributed by atoms with Gasteiger partial charge in [-0.15, -0.1) is 0 Å². The van der Waals surface area contributed by atoms with Crippen molar-refractivity contribution in [2.24, 2.45) is 0 Å². The number of carbonyl (C=O) groups excluding carboxylic acids is 2. The first-order valence-corrected chi connectivity index (χ1v) is 10.1. The van der Waals surface area contributed by atoms with E-state index < -0.39 is 0 Å². The lowest BCUT2D eigenvalue weighted by atomic mass is 10.0. The lowest BCUT2D eigenvalue weighted by Gasteiger charge is -2.15. The van der Waals surface area contributed by atoms with Crippen molar-refractivity contribution in [1.82, 2.24) is 4.90 Å². The molecule has 2 aliphatic rings. The summed E-state index contributed by atoms with van der Waals surface area (Å²) in [5.41, 5.74) is 1.64. The molecule has 4 rings (SSSR count). The van der Waals surface area contributed by atoms with Gasteiger partial charge < -0.3 is 24.3 Å². The second-order valence-corrected chi connectivity index (χ2v) is 6.96. The zero-order valence-corrected chi connectivity index (χ0v) is 17.5. The Kier molecular flexibility index (Phi) is 6.08. The maximum Gasteiger partial charge on any atom is 0.278 e. The molecule has 2 heterocycles. The summed E-state index contributed by atoms with van der Waals surface area (Å²) < 4.78 is 21.6. The highest BCUT2D eigenvalue weighted by Gasteiger charge is 2.40. The third kappa shape index (κ3) is 4.06. The summed E-state index contributed by atoms with van der Waals surface area (Å²) >= 11 is 0. The van der Waals surface area contributed by atoms with E-state index in [-0.39, 0.29) is 36.4 Å². The van der Waals surface area contributed by atoms with Gasteiger partial charge in [0.2, 0.25) is 6.79 Å². The molecular formula is C23H24N2O6. The Morgan fingerprint density at radius 1 is 1.06 bits per heavy atom. The summed E-state index contributed by atoms with van der Waals surface area (Å²) in [5.74, 6) is 0.972. The summed E-state index contributed by atoms with van der Waals surface area (Å²) in [4.78, 5) is 27.8. The number of amides is 2. The number of para-hydroxylation sites is 1. The molecule has 0 spiro atoms. The highest BCUT2D eigenvalue weighted by Crippen LogP contribution is 2.38. The van der Waals surface area contributed by atoms with Crippen molar-refractivity contribution in [2.45, 2.75) is 13.3 Å². The van der Waals surface area contributed by atoms with Crippen LogP contribution in [0.3, 0.4) is 0 Å². The van der Waals surface area contributed by atoms with Gasteiger partial charge in [0.25, 0.3) is 11.8 Å². The van der Waals surface area contributed by atoms with Gasteiger partial charge in [-0.05, 0) is 31.5 Å². The van der Waals surface area contributed by atoms with Crippen LogP contribution in [0.5, 0.6) is 17.2 Å². The van der Waals surface area contributed by atoms with Crippen LogP contribution in [0.1, 0.15) is 18.9 Å². The Labute approximate surface area is 180 Å². The first-order chi connectivity index (χ1) is 15.1. The topological polar surface area (TPSA) is 86.3 Å². The van der Waals surface area contributed by atoms with E-state index in [0.717, 1.165) is 0 Å². The Bertz CT molecular complexity index is 1030. The van der Waals surface area contributed by atoms with Crippen LogP contribution in [0.4, 0.5) is 5.69 Å². The lowest BCUT2D eigenvalue weighted by Crippen LogP contribution is -2.34. The molecular weight excluding hydrogens is 400 g/mol. The molecule has 0 atom stereocenters. The predicted octanol–water partition coefficient (Wildman–Crippen LogP) is 3.04. The number of anilines is 1. The van der Waals surface area contributed by atoms with Crippen LogP contribution in [0.15, 0.2) is 48.2 Å². The number of hydrogen-bond donors (Lipinski definition) is 1. The van der Waals surface area contributed by atoms with Gasteiger partial charge in [0, 0.05) is 37.1 Å². The van der Waals surface area contributed by atoms with E-state index in [1.807, 2.05) is 13.0 Å². The van der Waals surface area contributed by atoms with E-state index in [1.54, 1.807) is 36.4 Å². The number of rotatable bonds is 9. The molecule has 0 saturated carbocycles. The first-order valence-electron chi connectivity index (χ1n) is 10.1. The second-order valence-electron chi connectivity index (χ2n) is 6.96. The first kappa shape index (κ1) is 20.7. The van der Waals surface area contributed by atoms with Crippen molar-refractivity contribution < 1.29 is 28.5 Å². The van der Waals surface area contributed by atoms with Crippen LogP contribution < -0.4 is 19.5 Å². The molecule has 8 heteroatoms. The molecule has 0 saturated heterocycles. The molecule has 0 aliphatic carbocycles.